The Balaban J connectivity index is 2.86. The second kappa shape index (κ2) is 5.92. The number of rotatable bonds is 5. The summed E-state index contributed by atoms with van der Waals surface area (Å²) in [5, 5.41) is 9.23. The maximum absolute atomic E-state index is 8.97. The summed E-state index contributed by atoms with van der Waals surface area (Å²) in [6, 6.07) is 0. The Morgan fingerprint density at radius 1 is 1.53 bits per heavy atom. The zero-order valence-corrected chi connectivity index (χ0v) is 11.1. The SMILES string of the molecule is CC(C)C1=C(C(C)SS)OCN1CCO. The smallest absolute Gasteiger partial charge is 0.161 e. The Hall–Kier alpha value is -0.0000000000000000763. The molecule has 1 rings (SSSR count). The van der Waals surface area contributed by atoms with Gasteiger partial charge in [0.25, 0.3) is 0 Å². The van der Waals surface area contributed by atoms with Crippen LogP contribution in [0.1, 0.15) is 20.8 Å². The summed E-state index contributed by atoms with van der Waals surface area (Å²) < 4.78 is 5.67. The van der Waals surface area contributed by atoms with E-state index in [0.717, 1.165) is 5.76 Å². The van der Waals surface area contributed by atoms with Crippen molar-refractivity contribution in [2.24, 2.45) is 5.92 Å². The fourth-order valence-electron chi connectivity index (χ4n) is 1.78. The van der Waals surface area contributed by atoms with E-state index >= 15 is 0 Å². The first-order valence-electron chi connectivity index (χ1n) is 5.14. The number of hydrogen-bond donors (Lipinski definition) is 2. The van der Waals surface area contributed by atoms with Crippen molar-refractivity contribution >= 4 is 22.5 Å². The van der Waals surface area contributed by atoms with Crippen molar-refractivity contribution in [3.8, 4) is 0 Å². The number of allylic oxidation sites excluding steroid dienone is 1. The highest BCUT2D eigenvalue weighted by molar-refractivity contribution is 8.68. The summed E-state index contributed by atoms with van der Waals surface area (Å²) in [7, 11) is 1.49. The molecule has 1 heterocycles. The molecule has 5 heteroatoms. The van der Waals surface area contributed by atoms with E-state index in [1.807, 2.05) is 0 Å². The van der Waals surface area contributed by atoms with Gasteiger partial charge in [0.05, 0.1) is 17.6 Å². The summed E-state index contributed by atoms with van der Waals surface area (Å²) in [5.41, 5.74) is 1.21. The summed E-state index contributed by atoms with van der Waals surface area (Å²) >= 11 is 4.22. The molecule has 0 aliphatic carbocycles. The lowest BCUT2D eigenvalue weighted by Crippen LogP contribution is -2.26. The summed E-state index contributed by atoms with van der Waals surface area (Å²) in [6.07, 6.45) is 0. The molecular weight excluding hydrogens is 230 g/mol. The van der Waals surface area contributed by atoms with Gasteiger partial charge in [-0.15, -0.1) is 11.7 Å². The first-order chi connectivity index (χ1) is 7.11. The second-order valence-electron chi connectivity index (χ2n) is 3.91. The van der Waals surface area contributed by atoms with Gasteiger partial charge in [0, 0.05) is 6.54 Å². The van der Waals surface area contributed by atoms with E-state index in [-0.39, 0.29) is 11.9 Å². The van der Waals surface area contributed by atoms with Crippen molar-refractivity contribution in [3.63, 3.8) is 0 Å². The molecule has 0 fully saturated rings. The number of hydrogen-bond acceptors (Lipinski definition) is 5. The number of ether oxygens (including phenoxy) is 1. The van der Waals surface area contributed by atoms with Crippen molar-refractivity contribution in [2.45, 2.75) is 26.0 Å². The maximum atomic E-state index is 8.97. The van der Waals surface area contributed by atoms with Gasteiger partial charge in [0.15, 0.2) is 6.73 Å². The number of aliphatic hydroxyl groups is 1. The number of thiol groups is 1. The third kappa shape index (κ3) is 2.98. The van der Waals surface area contributed by atoms with Gasteiger partial charge in [-0.2, -0.15) is 0 Å². The van der Waals surface area contributed by atoms with Crippen molar-refractivity contribution in [1.82, 2.24) is 4.90 Å². The van der Waals surface area contributed by atoms with E-state index in [2.05, 4.69) is 37.3 Å². The lowest BCUT2D eigenvalue weighted by atomic mass is 10.1. The van der Waals surface area contributed by atoms with Crippen LogP contribution in [0.3, 0.4) is 0 Å². The molecule has 0 amide bonds. The Labute approximate surface area is 101 Å². The summed E-state index contributed by atoms with van der Waals surface area (Å²) in [4.78, 5) is 2.10. The van der Waals surface area contributed by atoms with Crippen LogP contribution < -0.4 is 0 Å². The lowest BCUT2D eigenvalue weighted by Gasteiger charge is -2.21. The van der Waals surface area contributed by atoms with Crippen molar-refractivity contribution < 1.29 is 9.84 Å². The molecule has 1 unspecified atom stereocenters. The average molecular weight is 249 g/mol. The van der Waals surface area contributed by atoms with Gasteiger partial charge in [-0.1, -0.05) is 24.6 Å². The number of nitrogens with zero attached hydrogens (tertiary/aromatic N) is 1. The molecule has 1 N–H and O–H groups in total. The molecule has 0 spiro atoms. The second-order valence-corrected chi connectivity index (χ2v) is 5.46. The predicted octanol–water partition coefficient (Wildman–Crippen LogP) is 2.10. The molecule has 1 atom stereocenters. The van der Waals surface area contributed by atoms with Gasteiger partial charge in [0.1, 0.15) is 5.76 Å². The minimum absolute atomic E-state index is 0.162. The molecule has 0 aromatic heterocycles. The number of β-amino-alcohol motifs (C(OH)–C–C–N with tert-alkyl or cyclic N) is 1. The first-order valence-corrected chi connectivity index (χ1v) is 7.07. The summed E-state index contributed by atoms with van der Waals surface area (Å²) in [6.45, 7) is 7.73. The molecule has 0 aromatic carbocycles. The average Bonchev–Trinajstić information content (AvgIpc) is 2.61. The van der Waals surface area contributed by atoms with Gasteiger partial charge >= 0.3 is 0 Å². The van der Waals surface area contributed by atoms with Crippen LogP contribution in [0.2, 0.25) is 0 Å². The Kier molecular flexibility index (Phi) is 5.15. The van der Waals surface area contributed by atoms with Crippen LogP contribution in [0, 0.1) is 5.92 Å². The van der Waals surface area contributed by atoms with Crippen molar-refractivity contribution in [2.75, 3.05) is 19.9 Å². The predicted molar refractivity (Wildman–Crippen MR) is 67.6 cm³/mol. The summed E-state index contributed by atoms with van der Waals surface area (Å²) in [5.74, 6) is 1.43. The Bertz CT molecular complexity index is 244. The number of aliphatic hydroxyl groups excluding tert-OH is 1. The molecule has 0 aromatic rings. The first kappa shape index (κ1) is 13.1. The molecule has 0 saturated carbocycles. The van der Waals surface area contributed by atoms with Crippen LogP contribution in [0.5, 0.6) is 0 Å². The highest BCUT2D eigenvalue weighted by Gasteiger charge is 2.28. The van der Waals surface area contributed by atoms with Crippen LogP contribution in [0.25, 0.3) is 0 Å². The molecule has 1 aliphatic heterocycles. The molecule has 0 saturated heterocycles. The van der Waals surface area contributed by atoms with E-state index in [9.17, 15) is 0 Å². The molecule has 3 nitrogen and oxygen atoms in total. The largest absolute Gasteiger partial charge is 0.474 e. The fraction of sp³-hybridized carbons (Fsp3) is 0.800. The quantitative estimate of drug-likeness (QED) is 0.577. The normalized spacial score (nSPS) is 18.7. The van der Waals surface area contributed by atoms with Crippen molar-refractivity contribution in [1.29, 1.82) is 0 Å². The van der Waals surface area contributed by atoms with Gasteiger partial charge in [0.2, 0.25) is 0 Å². The van der Waals surface area contributed by atoms with Crippen molar-refractivity contribution in [3.05, 3.63) is 11.5 Å². The molecule has 0 radical (unpaired) electrons. The maximum Gasteiger partial charge on any atom is 0.161 e. The van der Waals surface area contributed by atoms with Crippen LogP contribution >= 0.6 is 22.5 Å². The van der Waals surface area contributed by atoms with E-state index in [1.54, 1.807) is 0 Å². The minimum Gasteiger partial charge on any atom is -0.474 e. The zero-order valence-electron chi connectivity index (χ0n) is 9.43. The molecule has 88 valence electrons. The highest BCUT2D eigenvalue weighted by Crippen LogP contribution is 2.34. The Morgan fingerprint density at radius 2 is 2.20 bits per heavy atom. The third-order valence-corrected chi connectivity index (χ3v) is 3.89. The van der Waals surface area contributed by atoms with Gasteiger partial charge in [-0.3, -0.25) is 0 Å². The topological polar surface area (TPSA) is 32.7 Å². The fourth-order valence-corrected chi connectivity index (χ4v) is 2.35. The van der Waals surface area contributed by atoms with Crippen LogP contribution in [-0.2, 0) is 4.74 Å². The van der Waals surface area contributed by atoms with E-state index in [4.69, 9.17) is 9.84 Å². The van der Waals surface area contributed by atoms with E-state index in [0.29, 0.717) is 19.2 Å². The highest BCUT2D eigenvalue weighted by atomic mass is 33.1. The van der Waals surface area contributed by atoms with Crippen LogP contribution in [0.15, 0.2) is 11.5 Å². The van der Waals surface area contributed by atoms with Crippen LogP contribution in [-0.4, -0.2) is 35.1 Å². The monoisotopic (exact) mass is 249 g/mol. The van der Waals surface area contributed by atoms with E-state index in [1.165, 1.54) is 16.5 Å². The van der Waals surface area contributed by atoms with Crippen LogP contribution in [0.4, 0.5) is 0 Å². The van der Waals surface area contributed by atoms with Gasteiger partial charge in [-0.25, -0.2) is 0 Å². The molecule has 1 aliphatic rings. The zero-order chi connectivity index (χ0) is 11.4. The molecular formula is C10H19NO2S2. The molecule has 0 bridgehead atoms. The van der Waals surface area contributed by atoms with Gasteiger partial charge in [-0.05, 0) is 12.8 Å². The molecule has 15 heavy (non-hydrogen) atoms. The lowest BCUT2D eigenvalue weighted by molar-refractivity contribution is 0.125. The standard InChI is InChI=1S/C10H19NO2S2/c1-7(2)9-10(8(3)15-14)13-6-11(9)4-5-12/h7-8,12,14H,4-6H2,1-3H3. The Morgan fingerprint density at radius 3 is 2.67 bits per heavy atom. The third-order valence-electron chi connectivity index (χ3n) is 2.41. The van der Waals surface area contributed by atoms with E-state index < -0.39 is 0 Å². The van der Waals surface area contributed by atoms with Gasteiger partial charge < -0.3 is 14.7 Å². The minimum atomic E-state index is 0.162.